The molecule has 228 valence electrons. The Bertz CT molecular complexity index is 1990. The molecule has 4 heterocycles. The minimum atomic E-state index is -3.94. The first-order valence-corrected chi connectivity index (χ1v) is 15.8. The monoisotopic (exact) mass is 620 g/mol. The van der Waals surface area contributed by atoms with E-state index < -0.39 is 32.4 Å². The summed E-state index contributed by atoms with van der Waals surface area (Å²) in [5.41, 5.74) is -1.04. The van der Waals surface area contributed by atoms with Gasteiger partial charge in [0.15, 0.2) is 10.7 Å². The van der Waals surface area contributed by atoms with Crippen molar-refractivity contribution in [2.45, 2.75) is 49.4 Å². The fourth-order valence-corrected chi connectivity index (χ4v) is 7.81. The van der Waals surface area contributed by atoms with E-state index in [9.17, 15) is 22.4 Å². The summed E-state index contributed by atoms with van der Waals surface area (Å²) in [7, 11) is -3.94. The third-order valence-electron chi connectivity index (χ3n) is 8.39. The normalized spacial score (nSPS) is 17.5. The van der Waals surface area contributed by atoms with Crippen LogP contribution in [0.2, 0.25) is 0 Å². The Morgan fingerprint density at radius 3 is 2.50 bits per heavy atom. The first-order valence-electron chi connectivity index (χ1n) is 14.3. The topological polar surface area (TPSA) is 118 Å². The van der Waals surface area contributed by atoms with Crippen molar-refractivity contribution < 1.29 is 22.0 Å². The molecule has 13 heteroatoms. The van der Waals surface area contributed by atoms with Gasteiger partial charge in [0.05, 0.1) is 16.3 Å². The summed E-state index contributed by atoms with van der Waals surface area (Å²) >= 11 is 0. The maximum absolute atomic E-state index is 15.9. The maximum atomic E-state index is 15.9. The summed E-state index contributed by atoms with van der Waals surface area (Å²) < 4.78 is 59.2. The molecule has 0 spiro atoms. The van der Waals surface area contributed by atoms with E-state index in [0.29, 0.717) is 31.5 Å². The molecule has 1 amide bonds. The second-order valence-electron chi connectivity index (χ2n) is 11.1. The molecule has 1 saturated carbocycles. The second kappa shape index (κ2) is 11.2. The average Bonchev–Trinajstić information content (AvgIpc) is 2.96. The van der Waals surface area contributed by atoms with Crippen LogP contribution >= 0.6 is 0 Å². The number of fused-ring (bicyclic) bond motifs is 1. The quantitative estimate of drug-likeness (QED) is 0.297. The van der Waals surface area contributed by atoms with Crippen molar-refractivity contribution in [1.82, 2.24) is 24.4 Å². The molecule has 1 aliphatic carbocycles. The lowest BCUT2D eigenvalue weighted by molar-refractivity contribution is -0.126. The number of aromatic nitrogens is 4. The standard InChI is InChI=1S/C31H30F2N6O4S/c1-4-25(40)37-14-15-38(19(3)17-37)28-22-16-24(33)26(21-10-5-6-11-23(21)32)35-29(22)39(31(41)36-28)27-18(2)12-13-34-30(27)44(42,43)20-8-7-9-20/h4-6,10-13,16,19-20H,1,7-9,14-15,17H2,2-3H3/t19-/m0/s1. The SMILES string of the molecule is C=CC(=O)N1CCN(c2nc(=O)n(-c3c(C)ccnc3S(=O)(=O)C3CCC3)c3nc(-c4ccccc4F)c(F)cc23)[C@@H](C)C1. The zero-order valence-corrected chi connectivity index (χ0v) is 25.0. The van der Waals surface area contributed by atoms with Crippen LogP contribution in [0.4, 0.5) is 14.6 Å². The van der Waals surface area contributed by atoms with Crippen LogP contribution in [0.25, 0.3) is 28.0 Å². The number of pyridine rings is 2. The second-order valence-corrected chi connectivity index (χ2v) is 13.3. The van der Waals surface area contributed by atoms with Crippen LogP contribution in [-0.4, -0.2) is 69.7 Å². The molecule has 1 atom stereocenters. The van der Waals surface area contributed by atoms with E-state index in [1.165, 1.54) is 36.5 Å². The van der Waals surface area contributed by atoms with Gasteiger partial charge in [0.25, 0.3) is 0 Å². The van der Waals surface area contributed by atoms with Gasteiger partial charge in [0.1, 0.15) is 23.1 Å². The molecule has 4 aromatic rings. The van der Waals surface area contributed by atoms with E-state index in [1.54, 1.807) is 22.8 Å². The summed E-state index contributed by atoms with van der Waals surface area (Å²) in [6.45, 7) is 7.90. The minimum absolute atomic E-state index is 0.0264. The van der Waals surface area contributed by atoms with Crippen molar-refractivity contribution >= 4 is 32.6 Å². The summed E-state index contributed by atoms with van der Waals surface area (Å²) in [6.07, 6.45) is 4.31. The van der Waals surface area contributed by atoms with Crippen molar-refractivity contribution in [3.63, 3.8) is 0 Å². The Morgan fingerprint density at radius 2 is 1.84 bits per heavy atom. The fraction of sp³-hybridized carbons (Fsp3) is 0.323. The van der Waals surface area contributed by atoms with Crippen LogP contribution in [0.5, 0.6) is 0 Å². The van der Waals surface area contributed by atoms with Crippen LogP contribution in [-0.2, 0) is 14.6 Å². The Hall–Kier alpha value is -4.52. The lowest BCUT2D eigenvalue weighted by Crippen LogP contribution is -2.54. The highest BCUT2D eigenvalue weighted by Crippen LogP contribution is 2.36. The molecule has 2 fully saturated rings. The Labute approximate surface area is 252 Å². The number of anilines is 1. The molecule has 44 heavy (non-hydrogen) atoms. The molecular formula is C31H30F2N6O4S. The molecule has 0 unspecified atom stereocenters. The van der Waals surface area contributed by atoms with Crippen molar-refractivity contribution in [1.29, 1.82) is 0 Å². The summed E-state index contributed by atoms with van der Waals surface area (Å²) in [5, 5.41) is -0.809. The first kappa shape index (κ1) is 29.5. The number of piperazine rings is 1. The lowest BCUT2D eigenvalue weighted by atomic mass is 10.00. The summed E-state index contributed by atoms with van der Waals surface area (Å²) in [6, 6.07) is 7.92. The highest BCUT2D eigenvalue weighted by molar-refractivity contribution is 7.92. The van der Waals surface area contributed by atoms with Gasteiger partial charge in [-0.15, -0.1) is 0 Å². The third-order valence-corrected chi connectivity index (χ3v) is 10.6. The number of nitrogens with zero attached hydrogens (tertiary/aromatic N) is 6. The van der Waals surface area contributed by atoms with E-state index in [0.717, 1.165) is 17.1 Å². The molecule has 1 aromatic carbocycles. The minimum Gasteiger partial charge on any atom is -0.350 e. The predicted molar refractivity (Wildman–Crippen MR) is 161 cm³/mol. The smallest absolute Gasteiger partial charge is 0.350 e. The van der Waals surface area contributed by atoms with Crippen molar-refractivity contribution in [2.75, 3.05) is 24.5 Å². The molecule has 10 nitrogen and oxygen atoms in total. The average molecular weight is 621 g/mol. The van der Waals surface area contributed by atoms with E-state index >= 15 is 4.39 Å². The molecule has 2 aliphatic rings. The Kier molecular flexibility index (Phi) is 7.52. The molecule has 6 rings (SSSR count). The number of sulfone groups is 1. The van der Waals surface area contributed by atoms with Crippen LogP contribution in [0.3, 0.4) is 0 Å². The number of hydrogen-bond donors (Lipinski definition) is 0. The third kappa shape index (κ3) is 4.84. The van der Waals surface area contributed by atoms with E-state index in [1.807, 2.05) is 6.92 Å². The Balaban J connectivity index is 1.64. The maximum Gasteiger partial charge on any atom is 0.355 e. The highest BCUT2D eigenvalue weighted by atomic mass is 32.2. The molecule has 0 radical (unpaired) electrons. The van der Waals surface area contributed by atoms with Gasteiger partial charge < -0.3 is 9.80 Å². The fourth-order valence-electron chi connectivity index (χ4n) is 5.81. The zero-order chi connectivity index (χ0) is 31.3. The lowest BCUT2D eigenvalue weighted by Gasteiger charge is -2.40. The van der Waals surface area contributed by atoms with Crippen LogP contribution < -0.4 is 10.6 Å². The van der Waals surface area contributed by atoms with Crippen molar-refractivity contribution in [2.24, 2.45) is 0 Å². The summed E-state index contributed by atoms with van der Waals surface area (Å²) in [4.78, 5) is 42.8. The Morgan fingerprint density at radius 1 is 1.09 bits per heavy atom. The van der Waals surface area contributed by atoms with Gasteiger partial charge in [-0.05, 0) is 62.6 Å². The number of carbonyl (C=O) groups excluding carboxylic acids is 1. The molecular weight excluding hydrogens is 590 g/mol. The van der Waals surface area contributed by atoms with Gasteiger partial charge >= 0.3 is 5.69 Å². The van der Waals surface area contributed by atoms with Gasteiger partial charge in [0, 0.05) is 37.4 Å². The number of amides is 1. The molecule has 0 N–H and O–H groups in total. The molecule has 0 bridgehead atoms. The number of aryl methyl sites for hydroxylation is 1. The van der Waals surface area contributed by atoms with Crippen molar-refractivity contribution in [3.8, 4) is 16.9 Å². The zero-order valence-electron chi connectivity index (χ0n) is 24.2. The van der Waals surface area contributed by atoms with Crippen LogP contribution in [0.1, 0.15) is 31.7 Å². The largest absolute Gasteiger partial charge is 0.355 e. The number of hydrogen-bond acceptors (Lipinski definition) is 8. The van der Waals surface area contributed by atoms with Gasteiger partial charge in [-0.2, -0.15) is 4.98 Å². The van der Waals surface area contributed by atoms with E-state index in [-0.39, 0.29) is 57.3 Å². The molecule has 3 aromatic heterocycles. The predicted octanol–water partition coefficient (Wildman–Crippen LogP) is 3.98. The number of benzene rings is 1. The van der Waals surface area contributed by atoms with Gasteiger partial charge in [-0.3, -0.25) is 4.79 Å². The van der Waals surface area contributed by atoms with Crippen molar-refractivity contribution in [3.05, 3.63) is 82.9 Å². The first-order chi connectivity index (χ1) is 21.0. The van der Waals surface area contributed by atoms with Gasteiger partial charge in [0.2, 0.25) is 15.7 Å². The van der Waals surface area contributed by atoms with E-state index in [4.69, 9.17) is 0 Å². The van der Waals surface area contributed by atoms with Gasteiger partial charge in [-0.25, -0.2) is 36.5 Å². The number of carbonyl (C=O) groups is 1. The molecule has 1 aliphatic heterocycles. The number of halogens is 2. The van der Waals surface area contributed by atoms with Crippen LogP contribution in [0, 0.1) is 18.6 Å². The summed E-state index contributed by atoms with van der Waals surface area (Å²) in [5.74, 6) is -1.69. The molecule has 1 saturated heterocycles. The number of rotatable bonds is 6. The highest BCUT2D eigenvalue weighted by Gasteiger charge is 2.37. The van der Waals surface area contributed by atoms with E-state index in [2.05, 4.69) is 21.5 Å². The van der Waals surface area contributed by atoms with Gasteiger partial charge in [-0.1, -0.05) is 25.1 Å². The van der Waals surface area contributed by atoms with Crippen LogP contribution in [0.15, 0.2) is 65.1 Å².